The van der Waals surface area contributed by atoms with Crippen molar-refractivity contribution in [3.05, 3.63) is 58.4 Å². The lowest BCUT2D eigenvalue weighted by molar-refractivity contribution is 0.0951. The van der Waals surface area contributed by atoms with Crippen molar-refractivity contribution in [2.24, 2.45) is 5.84 Å². The van der Waals surface area contributed by atoms with E-state index in [2.05, 4.69) is 4.98 Å². The van der Waals surface area contributed by atoms with Crippen LogP contribution in [0.3, 0.4) is 0 Å². The van der Waals surface area contributed by atoms with Gasteiger partial charge in [0.25, 0.3) is 5.91 Å². The number of aromatic hydroxyl groups is 1. The third-order valence-corrected chi connectivity index (χ3v) is 3.89. The zero-order valence-corrected chi connectivity index (χ0v) is 13.4. The number of nitrogens with zero attached hydrogens (tertiary/aromatic N) is 1. The van der Waals surface area contributed by atoms with Crippen LogP contribution >= 0.6 is 11.6 Å². The van der Waals surface area contributed by atoms with Gasteiger partial charge < -0.3 is 5.11 Å². The van der Waals surface area contributed by atoms with Crippen LogP contribution < -0.4 is 11.3 Å². The van der Waals surface area contributed by atoms with E-state index in [0.717, 1.165) is 0 Å². The molecule has 0 aliphatic rings. The minimum atomic E-state index is -0.728. The number of amides is 1. The summed E-state index contributed by atoms with van der Waals surface area (Å²) in [5.41, 5.74) is 3.02. The number of aryl methyl sites for hydroxylation is 1. The van der Waals surface area contributed by atoms with Crippen molar-refractivity contribution in [3.8, 4) is 17.0 Å². The monoisotopic (exact) mass is 345 g/mol. The first-order valence-corrected chi connectivity index (χ1v) is 7.40. The van der Waals surface area contributed by atoms with E-state index >= 15 is 0 Å². The van der Waals surface area contributed by atoms with Gasteiger partial charge >= 0.3 is 0 Å². The minimum absolute atomic E-state index is 0.0309. The van der Waals surface area contributed by atoms with Gasteiger partial charge in [-0.05, 0) is 36.8 Å². The van der Waals surface area contributed by atoms with E-state index in [0.29, 0.717) is 16.1 Å². The molecule has 0 atom stereocenters. The van der Waals surface area contributed by atoms with E-state index in [-0.39, 0.29) is 27.9 Å². The maximum absolute atomic E-state index is 14.3. The molecule has 0 saturated heterocycles. The molecule has 0 radical (unpaired) electrons. The SMILES string of the molecule is Cc1cc(F)c2nc(-c3ccc(Cl)cc3)c(C(=O)NN)c(O)c2c1. The number of hydrazine groups is 1. The number of aromatic nitrogens is 1. The van der Waals surface area contributed by atoms with Crippen molar-refractivity contribution in [2.75, 3.05) is 0 Å². The number of carbonyl (C=O) groups excluding carboxylic acids is 1. The lowest BCUT2D eigenvalue weighted by atomic mass is 10.00. The minimum Gasteiger partial charge on any atom is -0.506 e. The Kier molecular flexibility index (Phi) is 4.09. The number of nitrogens with one attached hydrogen (secondary N) is 1. The Morgan fingerprint density at radius 1 is 1.29 bits per heavy atom. The fourth-order valence-corrected chi connectivity index (χ4v) is 2.67. The average molecular weight is 346 g/mol. The Hall–Kier alpha value is -2.70. The molecule has 1 amide bonds. The van der Waals surface area contributed by atoms with Crippen LogP contribution in [0, 0.1) is 12.7 Å². The molecule has 4 N–H and O–H groups in total. The van der Waals surface area contributed by atoms with Crippen molar-refractivity contribution < 1.29 is 14.3 Å². The molecule has 0 bridgehead atoms. The van der Waals surface area contributed by atoms with Gasteiger partial charge in [0.1, 0.15) is 22.6 Å². The molecule has 0 fully saturated rings. The maximum Gasteiger partial charge on any atom is 0.271 e. The first kappa shape index (κ1) is 16.2. The van der Waals surface area contributed by atoms with Crippen LogP contribution in [0.5, 0.6) is 5.75 Å². The lowest BCUT2D eigenvalue weighted by Crippen LogP contribution is -2.30. The number of nitrogens with two attached hydrogens (primary N) is 1. The second-order valence-corrected chi connectivity index (χ2v) is 5.74. The molecule has 3 aromatic rings. The molecule has 1 aromatic heterocycles. The molecule has 0 aliphatic heterocycles. The van der Waals surface area contributed by atoms with Gasteiger partial charge in [0.2, 0.25) is 0 Å². The number of benzene rings is 2. The van der Waals surface area contributed by atoms with Crippen LogP contribution in [0.4, 0.5) is 4.39 Å². The van der Waals surface area contributed by atoms with E-state index in [1.165, 1.54) is 6.07 Å². The topological polar surface area (TPSA) is 88.2 Å². The van der Waals surface area contributed by atoms with Crippen LogP contribution in [0.1, 0.15) is 15.9 Å². The molecule has 5 nitrogen and oxygen atoms in total. The smallest absolute Gasteiger partial charge is 0.271 e. The molecule has 24 heavy (non-hydrogen) atoms. The zero-order valence-electron chi connectivity index (χ0n) is 12.6. The highest BCUT2D eigenvalue weighted by Crippen LogP contribution is 2.36. The Labute approximate surface area is 141 Å². The summed E-state index contributed by atoms with van der Waals surface area (Å²) >= 11 is 5.87. The number of halogens is 2. The van der Waals surface area contributed by atoms with Gasteiger partial charge in [-0.3, -0.25) is 10.2 Å². The average Bonchev–Trinajstić information content (AvgIpc) is 2.55. The van der Waals surface area contributed by atoms with Crippen molar-refractivity contribution in [2.45, 2.75) is 6.92 Å². The van der Waals surface area contributed by atoms with E-state index < -0.39 is 11.7 Å². The first-order chi connectivity index (χ1) is 11.4. The van der Waals surface area contributed by atoms with Crippen LogP contribution in [0.25, 0.3) is 22.2 Å². The quantitative estimate of drug-likeness (QED) is 0.378. The van der Waals surface area contributed by atoms with E-state index in [1.807, 2.05) is 5.43 Å². The third kappa shape index (κ3) is 2.66. The first-order valence-electron chi connectivity index (χ1n) is 7.02. The molecular weight excluding hydrogens is 333 g/mol. The van der Waals surface area contributed by atoms with Gasteiger partial charge in [0.15, 0.2) is 0 Å². The molecule has 0 spiro atoms. The molecular formula is C17H13ClFN3O2. The maximum atomic E-state index is 14.3. The highest BCUT2D eigenvalue weighted by atomic mass is 35.5. The number of rotatable bonds is 2. The standard InChI is InChI=1S/C17H13ClFN3O2/c1-8-6-11-15(12(19)7-8)21-14(9-2-4-10(18)5-3-9)13(16(11)23)17(24)22-20/h2-7H,20H2,1H3,(H,21,23)(H,22,24). The molecule has 3 rings (SSSR count). The van der Waals surface area contributed by atoms with Gasteiger partial charge in [-0.15, -0.1) is 0 Å². The number of pyridine rings is 1. The summed E-state index contributed by atoms with van der Waals surface area (Å²) in [6.45, 7) is 1.68. The fraction of sp³-hybridized carbons (Fsp3) is 0.0588. The Bertz CT molecular complexity index is 958. The highest BCUT2D eigenvalue weighted by Gasteiger charge is 2.23. The molecule has 2 aromatic carbocycles. The van der Waals surface area contributed by atoms with Gasteiger partial charge in [-0.2, -0.15) is 0 Å². The van der Waals surface area contributed by atoms with Crippen molar-refractivity contribution >= 4 is 28.4 Å². The van der Waals surface area contributed by atoms with Crippen LogP contribution in [0.2, 0.25) is 5.02 Å². The Balaban J connectivity index is 2.42. The van der Waals surface area contributed by atoms with Gasteiger partial charge in [0.05, 0.1) is 5.69 Å². The van der Waals surface area contributed by atoms with Gasteiger partial charge in [-0.25, -0.2) is 15.2 Å². The Morgan fingerprint density at radius 3 is 2.58 bits per heavy atom. The van der Waals surface area contributed by atoms with Crippen LogP contribution in [-0.4, -0.2) is 16.0 Å². The zero-order chi connectivity index (χ0) is 17.4. The van der Waals surface area contributed by atoms with Crippen LogP contribution in [-0.2, 0) is 0 Å². The largest absolute Gasteiger partial charge is 0.506 e. The number of nitrogen functional groups attached to an aromatic ring is 1. The number of fused-ring (bicyclic) bond motifs is 1. The summed E-state index contributed by atoms with van der Waals surface area (Å²) in [5, 5.41) is 11.2. The summed E-state index contributed by atoms with van der Waals surface area (Å²) in [6, 6.07) is 9.32. The molecule has 7 heteroatoms. The second-order valence-electron chi connectivity index (χ2n) is 5.31. The fourth-order valence-electron chi connectivity index (χ4n) is 2.55. The van der Waals surface area contributed by atoms with Crippen molar-refractivity contribution in [1.82, 2.24) is 10.4 Å². The normalized spacial score (nSPS) is 10.8. The summed E-state index contributed by atoms with van der Waals surface area (Å²) in [4.78, 5) is 16.4. The molecule has 0 saturated carbocycles. The summed E-state index contributed by atoms with van der Waals surface area (Å²) in [7, 11) is 0. The van der Waals surface area contributed by atoms with Crippen molar-refractivity contribution in [3.63, 3.8) is 0 Å². The lowest BCUT2D eigenvalue weighted by Gasteiger charge is -2.13. The van der Waals surface area contributed by atoms with Crippen LogP contribution in [0.15, 0.2) is 36.4 Å². The highest BCUT2D eigenvalue weighted by molar-refractivity contribution is 6.30. The Morgan fingerprint density at radius 2 is 1.96 bits per heavy atom. The number of hydrogen-bond donors (Lipinski definition) is 3. The predicted molar refractivity (Wildman–Crippen MR) is 90.2 cm³/mol. The summed E-state index contributed by atoms with van der Waals surface area (Å²) in [5.74, 6) is 3.52. The van der Waals surface area contributed by atoms with E-state index in [1.54, 1.807) is 37.3 Å². The molecule has 0 aliphatic carbocycles. The predicted octanol–water partition coefficient (Wildman–Crippen LogP) is 3.31. The second kappa shape index (κ2) is 6.07. The summed E-state index contributed by atoms with van der Waals surface area (Å²) < 4.78 is 14.3. The molecule has 0 unspecified atom stereocenters. The number of hydrogen-bond acceptors (Lipinski definition) is 4. The molecule has 122 valence electrons. The van der Waals surface area contributed by atoms with Gasteiger partial charge in [-0.1, -0.05) is 23.7 Å². The third-order valence-electron chi connectivity index (χ3n) is 3.64. The van der Waals surface area contributed by atoms with E-state index in [4.69, 9.17) is 17.4 Å². The number of carbonyl (C=O) groups is 1. The molecule has 1 heterocycles. The van der Waals surface area contributed by atoms with Gasteiger partial charge in [0, 0.05) is 16.0 Å². The van der Waals surface area contributed by atoms with Crippen molar-refractivity contribution in [1.29, 1.82) is 0 Å². The summed E-state index contributed by atoms with van der Waals surface area (Å²) in [6.07, 6.45) is 0. The van der Waals surface area contributed by atoms with E-state index in [9.17, 15) is 14.3 Å².